The molecule has 0 aliphatic carbocycles. The van der Waals surface area contributed by atoms with Gasteiger partial charge in [0.1, 0.15) is 5.82 Å². The first-order valence-electron chi connectivity index (χ1n) is 6.01. The molecular formula is C13H14F4N2O. The summed E-state index contributed by atoms with van der Waals surface area (Å²) >= 11 is 0. The van der Waals surface area contributed by atoms with Gasteiger partial charge in [-0.2, -0.15) is 13.2 Å². The van der Waals surface area contributed by atoms with Crippen LogP contribution in [0.15, 0.2) is 18.3 Å². The highest BCUT2D eigenvalue weighted by Gasteiger charge is 2.34. The number of rotatable bonds is 4. The number of benzene rings is 1. The number of fused-ring (bicyclic) bond motifs is 1. The lowest BCUT2D eigenvalue weighted by atomic mass is 10.1. The molecule has 110 valence electrons. The van der Waals surface area contributed by atoms with E-state index in [1.807, 2.05) is 0 Å². The zero-order chi connectivity index (χ0) is 14.9. The average Bonchev–Trinajstić information content (AvgIpc) is 2.64. The maximum Gasteiger partial charge on any atom is 0.419 e. The van der Waals surface area contributed by atoms with Crippen LogP contribution in [0.5, 0.6) is 0 Å². The van der Waals surface area contributed by atoms with E-state index in [-0.39, 0.29) is 6.61 Å². The standard InChI is InChI=1S/C13H14F4N2O/c1-19-7-8(6-18-2-3-20)9-4-10(13(15,16)17)11(14)5-12(9)19/h4-5,7,18,20H,2-3,6H2,1H3. The summed E-state index contributed by atoms with van der Waals surface area (Å²) in [6.45, 7) is 0.581. The second kappa shape index (κ2) is 5.41. The van der Waals surface area contributed by atoms with Gasteiger partial charge in [-0.25, -0.2) is 4.39 Å². The molecule has 2 N–H and O–H groups in total. The fourth-order valence-corrected chi connectivity index (χ4v) is 2.14. The van der Waals surface area contributed by atoms with Crippen molar-refractivity contribution in [1.29, 1.82) is 0 Å². The van der Waals surface area contributed by atoms with Crippen LogP contribution in [-0.4, -0.2) is 22.8 Å². The predicted octanol–water partition coefficient (Wildman–Crippen LogP) is 2.42. The number of aliphatic hydroxyl groups is 1. The molecule has 0 saturated carbocycles. The van der Waals surface area contributed by atoms with E-state index in [1.54, 1.807) is 17.8 Å². The van der Waals surface area contributed by atoms with Crippen molar-refractivity contribution in [3.8, 4) is 0 Å². The van der Waals surface area contributed by atoms with E-state index in [2.05, 4.69) is 5.32 Å². The second-order valence-corrected chi connectivity index (χ2v) is 4.51. The summed E-state index contributed by atoms with van der Waals surface area (Å²) in [5, 5.41) is 11.9. The van der Waals surface area contributed by atoms with Crippen LogP contribution in [-0.2, 0) is 19.8 Å². The molecule has 0 unspecified atom stereocenters. The maximum atomic E-state index is 13.5. The molecule has 0 aliphatic heterocycles. The van der Waals surface area contributed by atoms with E-state index in [0.29, 0.717) is 29.6 Å². The number of aryl methyl sites for hydroxylation is 1. The highest BCUT2D eigenvalue weighted by Crippen LogP contribution is 2.35. The largest absolute Gasteiger partial charge is 0.419 e. The molecular weight excluding hydrogens is 276 g/mol. The quantitative estimate of drug-likeness (QED) is 0.670. The predicted molar refractivity (Wildman–Crippen MR) is 66.7 cm³/mol. The second-order valence-electron chi connectivity index (χ2n) is 4.51. The Hall–Kier alpha value is -1.60. The lowest BCUT2D eigenvalue weighted by molar-refractivity contribution is -0.139. The summed E-state index contributed by atoms with van der Waals surface area (Å²) in [5.41, 5.74) is -0.239. The highest BCUT2D eigenvalue weighted by atomic mass is 19.4. The molecule has 0 radical (unpaired) electrons. The number of aliphatic hydroxyl groups excluding tert-OH is 1. The Balaban J connectivity index is 2.50. The lowest BCUT2D eigenvalue weighted by Crippen LogP contribution is -2.17. The van der Waals surface area contributed by atoms with Crippen molar-refractivity contribution >= 4 is 10.9 Å². The number of halogens is 4. The van der Waals surface area contributed by atoms with Gasteiger partial charge in [0.05, 0.1) is 17.7 Å². The van der Waals surface area contributed by atoms with Crippen molar-refractivity contribution in [3.63, 3.8) is 0 Å². The van der Waals surface area contributed by atoms with E-state index < -0.39 is 17.6 Å². The monoisotopic (exact) mass is 290 g/mol. The van der Waals surface area contributed by atoms with Crippen LogP contribution in [0.1, 0.15) is 11.1 Å². The van der Waals surface area contributed by atoms with Gasteiger partial charge in [0, 0.05) is 31.7 Å². The molecule has 0 bridgehead atoms. The third kappa shape index (κ3) is 2.78. The number of hydrogen-bond donors (Lipinski definition) is 2. The Kier molecular flexibility index (Phi) is 4.01. The van der Waals surface area contributed by atoms with E-state index in [0.717, 1.165) is 12.1 Å². The van der Waals surface area contributed by atoms with Gasteiger partial charge in [0.2, 0.25) is 0 Å². The van der Waals surface area contributed by atoms with E-state index in [4.69, 9.17) is 5.11 Å². The van der Waals surface area contributed by atoms with Gasteiger partial charge in [0.15, 0.2) is 0 Å². The Bertz CT molecular complexity index is 619. The molecule has 0 spiro atoms. The van der Waals surface area contributed by atoms with Crippen LogP contribution in [0, 0.1) is 5.82 Å². The third-order valence-electron chi connectivity index (χ3n) is 3.07. The molecule has 0 saturated heterocycles. The Morgan fingerprint density at radius 3 is 2.60 bits per heavy atom. The van der Waals surface area contributed by atoms with Crippen molar-refractivity contribution in [2.75, 3.05) is 13.2 Å². The molecule has 1 heterocycles. The molecule has 0 aliphatic rings. The normalized spacial score (nSPS) is 12.3. The van der Waals surface area contributed by atoms with Gasteiger partial charge >= 0.3 is 6.18 Å². The van der Waals surface area contributed by atoms with E-state index >= 15 is 0 Å². The van der Waals surface area contributed by atoms with Crippen LogP contribution in [0.4, 0.5) is 17.6 Å². The van der Waals surface area contributed by atoms with Crippen molar-refractivity contribution < 1.29 is 22.7 Å². The zero-order valence-corrected chi connectivity index (χ0v) is 10.8. The van der Waals surface area contributed by atoms with Crippen LogP contribution in [0.2, 0.25) is 0 Å². The minimum atomic E-state index is -4.72. The van der Waals surface area contributed by atoms with Crippen molar-refractivity contribution in [1.82, 2.24) is 9.88 Å². The fraction of sp³-hybridized carbons (Fsp3) is 0.385. The first-order chi connectivity index (χ1) is 9.34. The van der Waals surface area contributed by atoms with Crippen LogP contribution in [0.3, 0.4) is 0 Å². The van der Waals surface area contributed by atoms with Gasteiger partial charge in [-0.15, -0.1) is 0 Å². The minimum absolute atomic E-state index is 0.0623. The Morgan fingerprint density at radius 1 is 1.30 bits per heavy atom. The number of aromatic nitrogens is 1. The summed E-state index contributed by atoms with van der Waals surface area (Å²) in [5.74, 6) is -1.28. The number of alkyl halides is 3. The third-order valence-corrected chi connectivity index (χ3v) is 3.07. The summed E-state index contributed by atoms with van der Waals surface area (Å²) in [4.78, 5) is 0. The van der Waals surface area contributed by atoms with Crippen molar-refractivity contribution in [3.05, 3.63) is 35.3 Å². The molecule has 0 atom stereocenters. The topological polar surface area (TPSA) is 37.2 Å². The first kappa shape index (κ1) is 14.8. The van der Waals surface area contributed by atoms with E-state index in [1.165, 1.54) is 0 Å². The Morgan fingerprint density at radius 2 is 2.00 bits per heavy atom. The van der Waals surface area contributed by atoms with Gasteiger partial charge in [-0.1, -0.05) is 0 Å². The van der Waals surface area contributed by atoms with Crippen LogP contribution >= 0.6 is 0 Å². The van der Waals surface area contributed by atoms with Gasteiger partial charge in [-0.3, -0.25) is 0 Å². The van der Waals surface area contributed by atoms with E-state index in [9.17, 15) is 17.6 Å². The maximum absolute atomic E-state index is 13.5. The Labute approximate surface area is 112 Å². The lowest BCUT2D eigenvalue weighted by Gasteiger charge is -2.09. The summed E-state index contributed by atoms with van der Waals surface area (Å²) < 4.78 is 53.3. The van der Waals surface area contributed by atoms with Gasteiger partial charge < -0.3 is 15.0 Å². The van der Waals surface area contributed by atoms with Crippen LogP contribution < -0.4 is 5.32 Å². The summed E-state index contributed by atoms with van der Waals surface area (Å²) in [6.07, 6.45) is -3.07. The summed E-state index contributed by atoms with van der Waals surface area (Å²) in [6, 6.07) is 1.73. The smallest absolute Gasteiger partial charge is 0.395 e. The molecule has 20 heavy (non-hydrogen) atoms. The molecule has 1 aromatic carbocycles. The van der Waals surface area contributed by atoms with Crippen LogP contribution in [0.25, 0.3) is 10.9 Å². The highest BCUT2D eigenvalue weighted by molar-refractivity contribution is 5.85. The SMILES string of the molecule is Cn1cc(CNCCO)c2cc(C(F)(F)F)c(F)cc21. The first-order valence-corrected chi connectivity index (χ1v) is 6.01. The number of hydrogen-bond acceptors (Lipinski definition) is 2. The van der Waals surface area contributed by atoms with Crippen molar-refractivity contribution in [2.45, 2.75) is 12.7 Å². The zero-order valence-electron chi connectivity index (χ0n) is 10.8. The van der Waals surface area contributed by atoms with Gasteiger partial charge in [-0.05, 0) is 17.7 Å². The minimum Gasteiger partial charge on any atom is -0.395 e. The molecule has 7 heteroatoms. The number of nitrogens with zero attached hydrogens (tertiary/aromatic N) is 1. The van der Waals surface area contributed by atoms with Crippen molar-refractivity contribution in [2.24, 2.45) is 7.05 Å². The molecule has 3 nitrogen and oxygen atoms in total. The molecule has 1 aromatic heterocycles. The van der Waals surface area contributed by atoms with Gasteiger partial charge in [0.25, 0.3) is 0 Å². The fourth-order valence-electron chi connectivity index (χ4n) is 2.14. The average molecular weight is 290 g/mol. The molecule has 0 fully saturated rings. The summed E-state index contributed by atoms with van der Waals surface area (Å²) in [7, 11) is 1.64. The molecule has 2 aromatic rings. The molecule has 2 rings (SSSR count). The molecule has 0 amide bonds. The number of nitrogens with one attached hydrogen (secondary N) is 1.